The zero-order chi connectivity index (χ0) is 24.5. The molecule has 0 spiro atoms. The summed E-state index contributed by atoms with van der Waals surface area (Å²) in [6.45, 7) is 4.49. The smallest absolute Gasteiger partial charge is 0.268 e. The van der Waals surface area contributed by atoms with Crippen LogP contribution in [0.5, 0.6) is 5.88 Å². The molecule has 1 saturated carbocycles. The molecule has 0 bridgehead atoms. The predicted octanol–water partition coefficient (Wildman–Crippen LogP) is 4.03. The molecule has 0 unspecified atom stereocenters. The van der Waals surface area contributed by atoms with E-state index in [9.17, 15) is 9.18 Å². The molecular weight excluding hydrogens is 449 g/mol. The number of anilines is 1. The molecule has 10 heteroatoms. The van der Waals surface area contributed by atoms with E-state index in [1.54, 1.807) is 38.6 Å². The van der Waals surface area contributed by atoms with E-state index < -0.39 is 5.82 Å². The number of hydrogen-bond acceptors (Lipinski definition) is 7. The molecule has 0 atom stereocenters. The van der Waals surface area contributed by atoms with Crippen LogP contribution in [0.25, 0.3) is 22.3 Å². The van der Waals surface area contributed by atoms with Crippen LogP contribution in [0.4, 0.5) is 10.2 Å². The Morgan fingerprint density at radius 1 is 1.17 bits per heavy atom. The first-order valence-corrected chi connectivity index (χ1v) is 11.9. The monoisotopic (exact) mass is 477 g/mol. The van der Waals surface area contributed by atoms with Gasteiger partial charge in [0.1, 0.15) is 23.3 Å². The van der Waals surface area contributed by atoms with E-state index in [0.717, 1.165) is 48.9 Å². The van der Waals surface area contributed by atoms with Gasteiger partial charge in [-0.3, -0.25) is 9.48 Å². The van der Waals surface area contributed by atoms with Crippen molar-refractivity contribution in [1.29, 1.82) is 0 Å². The fraction of sp³-hybridized carbons (Fsp3) is 0.400. The summed E-state index contributed by atoms with van der Waals surface area (Å²) >= 11 is 0. The third-order valence-electron chi connectivity index (χ3n) is 6.49. The van der Waals surface area contributed by atoms with Crippen LogP contribution in [0.2, 0.25) is 0 Å². The van der Waals surface area contributed by atoms with E-state index in [2.05, 4.69) is 20.3 Å². The number of pyridine rings is 2. The number of halogens is 1. The van der Waals surface area contributed by atoms with Gasteiger partial charge in [0.25, 0.3) is 11.4 Å². The lowest BCUT2D eigenvalue weighted by molar-refractivity contribution is 0.120. The van der Waals surface area contributed by atoms with Gasteiger partial charge in [0, 0.05) is 43.6 Å². The summed E-state index contributed by atoms with van der Waals surface area (Å²) in [6, 6.07) is 3.78. The molecule has 0 radical (unpaired) electrons. The van der Waals surface area contributed by atoms with Crippen molar-refractivity contribution in [2.45, 2.75) is 51.7 Å². The van der Waals surface area contributed by atoms with Crippen LogP contribution in [-0.2, 0) is 7.05 Å². The summed E-state index contributed by atoms with van der Waals surface area (Å²) in [6.07, 6.45) is 9.46. The molecule has 9 nitrogen and oxygen atoms in total. The lowest BCUT2D eigenvalue weighted by atomic mass is 9.93. The number of hydrogen-bond donors (Lipinski definition) is 1. The van der Waals surface area contributed by atoms with Crippen LogP contribution < -0.4 is 15.6 Å². The van der Waals surface area contributed by atoms with Gasteiger partial charge in [-0.2, -0.15) is 5.10 Å². The van der Waals surface area contributed by atoms with Crippen molar-refractivity contribution in [1.82, 2.24) is 29.3 Å². The minimum atomic E-state index is -0.398. The molecule has 0 amide bonds. The first kappa shape index (κ1) is 22.9. The number of nitrogens with zero attached hydrogens (tertiary/aromatic N) is 6. The van der Waals surface area contributed by atoms with Gasteiger partial charge in [-0.25, -0.2) is 19.3 Å². The van der Waals surface area contributed by atoms with Crippen molar-refractivity contribution in [3.63, 3.8) is 0 Å². The molecule has 182 valence electrons. The lowest BCUT2D eigenvalue weighted by Crippen LogP contribution is -2.27. The fourth-order valence-corrected chi connectivity index (χ4v) is 4.56. The van der Waals surface area contributed by atoms with Crippen LogP contribution in [0.1, 0.15) is 44.2 Å². The maximum Gasteiger partial charge on any atom is 0.268 e. The second kappa shape index (κ2) is 9.44. The molecule has 0 saturated heterocycles. The van der Waals surface area contributed by atoms with E-state index >= 15 is 0 Å². The van der Waals surface area contributed by atoms with E-state index in [4.69, 9.17) is 9.84 Å². The number of aryl methyl sites for hydroxylation is 2. The van der Waals surface area contributed by atoms with Crippen molar-refractivity contribution < 1.29 is 9.13 Å². The zero-order valence-corrected chi connectivity index (χ0v) is 20.0. The number of nitrogens with one attached hydrogen (secondary N) is 1. The van der Waals surface area contributed by atoms with E-state index in [1.807, 2.05) is 17.7 Å². The third kappa shape index (κ3) is 4.48. The average Bonchev–Trinajstić information content (AvgIpc) is 3.23. The van der Waals surface area contributed by atoms with Crippen molar-refractivity contribution in [3.8, 4) is 17.3 Å². The van der Waals surface area contributed by atoms with Crippen molar-refractivity contribution >= 4 is 16.7 Å². The molecule has 4 heterocycles. The summed E-state index contributed by atoms with van der Waals surface area (Å²) in [5, 5.41) is 9.09. The van der Waals surface area contributed by atoms with Gasteiger partial charge in [-0.05, 0) is 51.2 Å². The van der Waals surface area contributed by atoms with Gasteiger partial charge in [-0.1, -0.05) is 0 Å². The minimum absolute atomic E-state index is 0.0717. The Bertz CT molecular complexity index is 1420. The topological polar surface area (TPSA) is 99.8 Å². The first-order valence-electron chi connectivity index (χ1n) is 11.9. The van der Waals surface area contributed by atoms with Crippen LogP contribution in [0.3, 0.4) is 0 Å². The lowest BCUT2D eigenvalue weighted by Gasteiger charge is -2.29. The number of fused-ring (bicyclic) bond motifs is 1. The highest BCUT2D eigenvalue weighted by molar-refractivity contribution is 5.93. The molecule has 35 heavy (non-hydrogen) atoms. The maximum absolute atomic E-state index is 14.4. The number of rotatable bonds is 6. The Kier molecular flexibility index (Phi) is 6.19. The zero-order valence-electron chi connectivity index (χ0n) is 20.0. The molecule has 0 aromatic carbocycles. The second-order valence-electron chi connectivity index (χ2n) is 8.93. The molecule has 4 aromatic heterocycles. The van der Waals surface area contributed by atoms with Crippen molar-refractivity contribution in [3.05, 3.63) is 58.7 Å². The van der Waals surface area contributed by atoms with E-state index in [1.165, 1.54) is 10.8 Å². The molecule has 5 rings (SSSR count). The normalized spacial score (nSPS) is 18.1. The summed E-state index contributed by atoms with van der Waals surface area (Å²) in [7, 11) is 1.70. The molecule has 0 aliphatic heterocycles. The van der Waals surface area contributed by atoms with Crippen LogP contribution >= 0.6 is 0 Å². The number of ether oxygens (including phenoxy) is 1. The largest absolute Gasteiger partial charge is 0.472 e. The Morgan fingerprint density at radius 3 is 2.71 bits per heavy atom. The number of aromatic nitrogens is 6. The van der Waals surface area contributed by atoms with E-state index in [-0.39, 0.29) is 23.6 Å². The van der Waals surface area contributed by atoms with Gasteiger partial charge < -0.3 is 14.6 Å². The van der Waals surface area contributed by atoms with E-state index in [0.29, 0.717) is 17.0 Å². The van der Waals surface area contributed by atoms with Gasteiger partial charge in [-0.15, -0.1) is 0 Å². The summed E-state index contributed by atoms with van der Waals surface area (Å²) in [5.41, 5.74) is 2.61. The average molecular weight is 478 g/mol. The molecule has 1 N–H and O–H groups in total. The SMILES string of the molecule is CCNc1cc2c(cn1)c(-c1cn(C)c(=O)cn1)nn2C1CCC(Oc2nccc(C)c2F)CC1. The summed E-state index contributed by atoms with van der Waals surface area (Å²) < 4.78 is 23.8. The van der Waals surface area contributed by atoms with Crippen LogP contribution in [0.15, 0.2) is 41.7 Å². The van der Waals surface area contributed by atoms with Gasteiger partial charge in [0.05, 0.1) is 17.8 Å². The van der Waals surface area contributed by atoms with Gasteiger partial charge >= 0.3 is 0 Å². The first-order chi connectivity index (χ1) is 16.9. The molecule has 1 aliphatic carbocycles. The second-order valence-corrected chi connectivity index (χ2v) is 8.93. The van der Waals surface area contributed by atoms with Crippen LogP contribution in [-0.4, -0.2) is 41.9 Å². The molecule has 4 aromatic rings. The Morgan fingerprint density at radius 2 is 1.97 bits per heavy atom. The quantitative estimate of drug-likeness (QED) is 0.448. The van der Waals surface area contributed by atoms with Gasteiger partial charge in [0.2, 0.25) is 0 Å². The van der Waals surface area contributed by atoms with Crippen molar-refractivity contribution in [2.24, 2.45) is 7.05 Å². The highest BCUT2D eigenvalue weighted by Crippen LogP contribution is 2.36. The summed E-state index contributed by atoms with van der Waals surface area (Å²) in [5.74, 6) is 0.451. The van der Waals surface area contributed by atoms with Gasteiger partial charge in [0.15, 0.2) is 5.82 Å². The highest BCUT2D eigenvalue weighted by Gasteiger charge is 2.28. The summed E-state index contributed by atoms with van der Waals surface area (Å²) in [4.78, 5) is 24.8. The van der Waals surface area contributed by atoms with Crippen LogP contribution in [0, 0.1) is 12.7 Å². The Hall–Kier alpha value is -3.82. The fourth-order valence-electron chi connectivity index (χ4n) is 4.56. The molecule has 1 aliphatic rings. The molecular formula is C25H28FN7O2. The Balaban J connectivity index is 1.44. The predicted molar refractivity (Wildman–Crippen MR) is 131 cm³/mol. The minimum Gasteiger partial charge on any atom is -0.472 e. The third-order valence-corrected chi connectivity index (χ3v) is 6.49. The highest BCUT2D eigenvalue weighted by atomic mass is 19.1. The maximum atomic E-state index is 14.4. The standard InChI is InChI=1S/C25H28FN7O2/c1-4-27-21-11-20-18(12-30-21)24(19-14-32(3)22(34)13-29-19)31-33(20)16-5-7-17(8-6-16)35-25-23(26)15(2)9-10-28-25/h9-14,16-17H,4-8H2,1-3H3,(H,27,30). The molecule has 1 fully saturated rings. The van der Waals surface area contributed by atoms with Crippen molar-refractivity contribution in [2.75, 3.05) is 11.9 Å². The Labute approximate surface area is 202 Å².